The third-order valence-corrected chi connectivity index (χ3v) is 5.15. The summed E-state index contributed by atoms with van der Waals surface area (Å²) in [6, 6.07) is 6.42. The van der Waals surface area contributed by atoms with Crippen molar-refractivity contribution in [3.63, 3.8) is 0 Å². The quantitative estimate of drug-likeness (QED) is 0.817. The Kier molecular flexibility index (Phi) is 6.26. The minimum atomic E-state index is -0.517. The Balaban J connectivity index is 2.12. The van der Waals surface area contributed by atoms with Crippen molar-refractivity contribution in [1.29, 1.82) is 0 Å². The summed E-state index contributed by atoms with van der Waals surface area (Å²) in [6.45, 7) is 7.59. The summed E-state index contributed by atoms with van der Waals surface area (Å²) in [5, 5.41) is 3.49. The van der Waals surface area contributed by atoms with Crippen molar-refractivity contribution in [3.8, 4) is 5.75 Å². The molecule has 7 heteroatoms. The maximum atomic E-state index is 13.8. The zero-order valence-electron chi connectivity index (χ0n) is 16.5. The highest BCUT2D eigenvalue weighted by Gasteiger charge is 2.24. The van der Waals surface area contributed by atoms with Gasteiger partial charge in [-0.15, -0.1) is 11.3 Å². The molecule has 2 amide bonds. The molecule has 0 radical (unpaired) electrons. The molecule has 2 aromatic rings. The summed E-state index contributed by atoms with van der Waals surface area (Å²) in [4.78, 5) is 27.0. The van der Waals surface area contributed by atoms with E-state index in [1.807, 2.05) is 27.7 Å². The molecule has 0 atom stereocenters. The highest BCUT2D eigenvalue weighted by Crippen LogP contribution is 2.29. The number of carbonyl (C=O) groups excluding carboxylic acids is 2. The molecular weight excluding hydrogens is 367 g/mol. The molecule has 1 heterocycles. The van der Waals surface area contributed by atoms with Gasteiger partial charge in [-0.05, 0) is 36.2 Å². The van der Waals surface area contributed by atoms with Crippen LogP contribution in [0, 0.1) is 18.2 Å². The molecule has 27 heavy (non-hydrogen) atoms. The molecular formula is C20H25FN2O3S. The first-order valence-corrected chi connectivity index (χ1v) is 9.34. The largest absolute Gasteiger partial charge is 0.494 e. The van der Waals surface area contributed by atoms with Crippen LogP contribution in [0.25, 0.3) is 0 Å². The third kappa shape index (κ3) is 5.07. The lowest BCUT2D eigenvalue weighted by molar-refractivity contribution is -0.123. The molecule has 0 fully saturated rings. The fourth-order valence-corrected chi connectivity index (χ4v) is 3.45. The number of thiophene rings is 1. The highest BCUT2D eigenvalue weighted by molar-refractivity contribution is 7.18. The molecule has 1 aromatic heterocycles. The minimum absolute atomic E-state index is 0.107. The standard InChI is InChI=1S/C20H25FN2O3S/c1-12-9-16(22-19(25)20(2,3)4)27-17(12)18(24)23(5)11-13-7-8-15(26-6)14(21)10-13/h7-10H,11H2,1-6H3,(H,22,25). The van der Waals surface area contributed by atoms with Gasteiger partial charge in [0.05, 0.1) is 17.0 Å². The van der Waals surface area contributed by atoms with Crippen LogP contribution in [0.15, 0.2) is 24.3 Å². The monoisotopic (exact) mass is 392 g/mol. The number of benzene rings is 1. The van der Waals surface area contributed by atoms with E-state index in [9.17, 15) is 14.0 Å². The first-order valence-electron chi connectivity index (χ1n) is 8.52. The van der Waals surface area contributed by atoms with E-state index in [0.717, 1.165) is 5.56 Å². The Morgan fingerprint density at radius 3 is 2.48 bits per heavy atom. The number of amides is 2. The summed E-state index contributed by atoms with van der Waals surface area (Å²) in [6.07, 6.45) is 0. The number of aryl methyl sites for hydroxylation is 1. The fourth-order valence-electron chi connectivity index (χ4n) is 2.38. The smallest absolute Gasteiger partial charge is 0.264 e. The van der Waals surface area contributed by atoms with Gasteiger partial charge in [0.25, 0.3) is 5.91 Å². The third-order valence-electron chi connectivity index (χ3n) is 4.01. The summed E-state index contributed by atoms with van der Waals surface area (Å²) in [5.74, 6) is -0.578. The van der Waals surface area contributed by atoms with Crippen LogP contribution >= 0.6 is 11.3 Å². The van der Waals surface area contributed by atoms with Crippen LogP contribution in [0.3, 0.4) is 0 Å². The molecule has 5 nitrogen and oxygen atoms in total. The summed E-state index contributed by atoms with van der Waals surface area (Å²) < 4.78 is 18.8. The van der Waals surface area contributed by atoms with Crippen LogP contribution in [0.4, 0.5) is 9.39 Å². The number of carbonyl (C=O) groups is 2. The van der Waals surface area contributed by atoms with Crippen LogP contribution in [-0.2, 0) is 11.3 Å². The fraction of sp³-hybridized carbons (Fsp3) is 0.400. The van der Waals surface area contributed by atoms with E-state index in [4.69, 9.17) is 4.74 Å². The van der Waals surface area contributed by atoms with E-state index in [1.165, 1.54) is 29.4 Å². The van der Waals surface area contributed by atoms with Gasteiger partial charge in [0, 0.05) is 19.0 Å². The topological polar surface area (TPSA) is 58.6 Å². The molecule has 0 aliphatic heterocycles. The molecule has 1 N–H and O–H groups in total. The number of halogens is 1. The Labute approximate surface area is 163 Å². The van der Waals surface area contributed by atoms with Gasteiger partial charge < -0.3 is 15.0 Å². The Morgan fingerprint density at radius 1 is 1.26 bits per heavy atom. The zero-order valence-corrected chi connectivity index (χ0v) is 17.3. The Hall–Kier alpha value is -2.41. The zero-order chi connectivity index (χ0) is 20.4. The average molecular weight is 392 g/mol. The van der Waals surface area contributed by atoms with E-state index in [0.29, 0.717) is 15.4 Å². The number of nitrogens with zero attached hydrogens (tertiary/aromatic N) is 1. The van der Waals surface area contributed by atoms with Crippen molar-refractivity contribution >= 4 is 28.2 Å². The van der Waals surface area contributed by atoms with E-state index in [1.54, 1.807) is 25.2 Å². The van der Waals surface area contributed by atoms with Crippen molar-refractivity contribution in [2.45, 2.75) is 34.2 Å². The van der Waals surface area contributed by atoms with E-state index < -0.39 is 11.2 Å². The SMILES string of the molecule is COc1ccc(CN(C)C(=O)c2sc(NC(=O)C(C)(C)C)cc2C)cc1F. The van der Waals surface area contributed by atoms with Gasteiger partial charge in [0.2, 0.25) is 5.91 Å². The number of nitrogens with one attached hydrogen (secondary N) is 1. The second kappa shape index (κ2) is 8.08. The van der Waals surface area contributed by atoms with Gasteiger partial charge in [-0.1, -0.05) is 26.8 Å². The molecule has 0 spiro atoms. The van der Waals surface area contributed by atoms with Crippen LogP contribution in [0.2, 0.25) is 0 Å². The number of hydrogen-bond acceptors (Lipinski definition) is 4. The van der Waals surface area contributed by atoms with Crippen molar-refractivity contribution in [1.82, 2.24) is 4.90 Å². The van der Waals surface area contributed by atoms with Crippen molar-refractivity contribution in [2.24, 2.45) is 5.41 Å². The number of ether oxygens (including phenoxy) is 1. The molecule has 146 valence electrons. The predicted octanol–water partition coefficient (Wildman–Crippen LogP) is 4.46. The molecule has 0 saturated heterocycles. The maximum Gasteiger partial charge on any atom is 0.264 e. The van der Waals surface area contributed by atoms with Crippen LogP contribution in [0.1, 0.15) is 41.6 Å². The second-order valence-electron chi connectivity index (χ2n) is 7.46. The van der Waals surface area contributed by atoms with E-state index >= 15 is 0 Å². The molecule has 2 rings (SSSR count). The summed E-state index contributed by atoms with van der Waals surface area (Å²) in [5.41, 5.74) is 0.943. The normalized spacial score (nSPS) is 11.2. The van der Waals surface area contributed by atoms with Crippen molar-refractivity contribution in [2.75, 3.05) is 19.5 Å². The van der Waals surface area contributed by atoms with Gasteiger partial charge in [0.1, 0.15) is 0 Å². The van der Waals surface area contributed by atoms with Crippen LogP contribution in [0.5, 0.6) is 5.75 Å². The van der Waals surface area contributed by atoms with Gasteiger partial charge in [0.15, 0.2) is 11.6 Å². The van der Waals surface area contributed by atoms with E-state index in [-0.39, 0.29) is 24.1 Å². The number of hydrogen-bond donors (Lipinski definition) is 1. The Morgan fingerprint density at radius 2 is 1.93 bits per heavy atom. The predicted molar refractivity (Wildman–Crippen MR) is 106 cm³/mol. The van der Waals surface area contributed by atoms with Gasteiger partial charge >= 0.3 is 0 Å². The lowest BCUT2D eigenvalue weighted by atomic mass is 9.96. The van der Waals surface area contributed by atoms with Crippen LogP contribution < -0.4 is 10.1 Å². The second-order valence-corrected chi connectivity index (χ2v) is 8.51. The maximum absolute atomic E-state index is 13.8. The lowest BCUT2D eigenvalue weighted by Gasteiger charge is -2.17. The summed E-state index contributed by atoms with van der Waals surface area (Å²) >= 11 is 1.24. The molecule has 0 aliphatic carbocycles. The molecule has 0 aliphatic rings. The first kappa shape index (κ1) is 20.9. The average Bonchev–Trinajstić information content (AvgIpc) is 2.93. The number of methoxy groups -OCH3 is 1. The number of anilines is 1. The molecule has 0 unspecified atom stereocenters. The first-order chi connectivity index (χ1) is 12.5. The van der Waals surface area contributed by atoms with Crippen LogP contribution in [-0.4, -0.2) is 30.9 Å². The molecule has 1 aromatic carbocycles. The van der Waals surface area contributed by atoms with Gasteiger partial charge in [-0.25, -0.2) is 4.39 Å². The van der Waals surface area contributed by atoms with Gasteiger partial charge in [-0.3, -0.25) is 9.59 Å². The highest BCUT2D eigenvalue weighted by atomic mass is 32.1. The summed E-state index contributed by atoms with van der Waals surface area (Å²) in [7, 11) is 3.07. The Bertz CT molecular complexity index is 855. The number of rotatable bonds is 5. The molecule has 0 bridgehead atoms. The van der Waals surface area contributed by atoms with E-state index in [2.05, 4.69) is 5.32 Å². The lowest BCUT2D eigenvalue weighted by Crippen LogP contribution is -2.27. The molecule has 0 saturated carbocycles. The van der Waals surface area contributed by atoms with Crippen molar-refractivity contribution in [3.05, 3.63) is 46.1 Å². The van der Waals surface area contributed by atoms with Crippen molar-refractivity contribution < 1.29 is 18.7 Å². The minimum Gasteiger partial charge on any atom is -0.494 e. The van der Waals surface area contributed by atoms with Gasteiger partial charge in [-0.2, -0.15) is 0 Å².